The first kappa shape index (κ1) is 12.0. The highest BCUT2D eigenvalue weighted by Gasteiger charge is 2.07. The van der Waals surface area contributed by atoms with E-state index in [4.69, 9.17) is 0 Å². The summed E-state index contributed by atoms with van der Waals surface area (Å²) in [5, 5.41) is 2.52. The Morgan fingerprint density at radius 2 is 1.78 bits per heavy atom. The molecular formula is C14H12N2O2. The molecule has 0 saturated carbocycles. The average Bonchev–Trinajstić information content (AvgIpc) is 2.40. The number of benzene rings is 1. The Bertz CT molecular complexity index is 562. The second kappa shape index (κ2) is 5.23. The summed E-state index contributed by atoms with van der Waals surface area (Å²) >= 11 is 0. The van der Waals surface area contributed by atoms with E-state index in [0.717, 1.165) is 11.1 Å². The summed E-state index contributed by atoms with van der Waals surface area (Å²) in [5.41, 5.74) is 2.61. The third-order valence-corrected chi connectivity index (χ3v) is 2.46. The minimum atomic E-state index is -0.607. The monoisotopic (exact) mass is 240 g/mol. The highest BCUT2D eigenvalue weighted by atomic mass is 16.2. The quantitative estimate of drug-likeness (QED) is 0.837. The predicted molar refractivity (Wildman–Crippen MR) is 69.0 cm³/mol. The van der Waals surface area contributed by atoms with Gasteiger partial charge in [0.05, 0.1) is 0 Å². The van der Waals surface area contributed by atoms with Gasteiger partial charge >= 0.3 is 0 Å². The molecule has 1 aromatic carbocycles. The van der Waals surface area contributed by atoms with Crippen LogP contribution in [0, 0.1) is 0 Å². The molecule has 0 saturated heterocycles. The maximum Gasteiger partial charge on any atom is 0.291 e. The summed E-state index contributed by atoms with van der Waals surface area (Å²) in [5.74, 6) is -1.12. The van der Waals surface area contributed by atoms with Crippen molar-refractivity contribution in [2.45, 2.75) is 6.92 Å². The van der Waals surface area contributed by atoms with Gasteiger partial charge in [-0.3, -0.25) is 14.6 Å². The molecule has 0 bridgehead atoms. The van der Waals surface area contributed by atoms with Crippen molar-refractivity contribution in [3.05, 3.63) is 48.8 Å². The molecule has 1 N–H and O–H groups in total. The Hall–Kier alpha value is -2.49. The van der Waals surface area contributed by atoms with Gasteiger partial charge < -0.3 is 5.32 Å². The molecule has 0 atom stereocenters. The number of aromatic nitrogens is 1. The summed E-state index contributed by atoms with van der Waals surface area (Å²) in [6.07, 6.45) is 3.48. The van der Waals surface area contributed by atoms with Gasteiger partial charge in [-0.1, -0.05) is 18.2 Å². The molecule has 0 aliphatic rings. The van der Waals surface area contributed by atoms with Gasteiger partial charge in [0.25, 0.3) is 5.91 Å². The van der Waals surface area contributed by atoms with Crippen molar-refractivity contribution < 1.29 is 9.59 Å². The third kappa shape index (κ3) is 2.79. The van der Waals surface area contributed by atoms with Gasteiger partial charge in [0, 0.05) is 25.0 Å². The van der Waals surface area contributed by atoms with Gasteiger partial charge in [0.2, 0.25) is 5.78 Å². The summed E-state index contributed by atoms with van der Waals surface area (Å²) in [7, 11) is 0. The fourth-order valence-corrected chi connectivity index (χ4v) is 1.50. The molecule has 4 nitrogen and oxygen atoms in total. The van der Waals surface area contributed by atoms with E-state index in [-0.39, 0.29) is 0 Å². The van der Waals surface area contributed by atoms with E-state index in [0.29, 0.717) is 5.69 Å². The Kier molecular flexibility index (Phi) is 3.48. The number of pyridine rings is 1. The zero-order valence-electron chi connectivity index (χ0n) is 9.88. The summed E-state index contributed by atoms with van der Waals surface area (Å²) in [4.78, 5) is 26.1. The lowest BCUT2D eigenvalue weighted by Crippen LogP contribution is -2.19. The third-order valence-electron chi connectivity index (χ3n) is 2.46. The lowest BCUT2D eigenvalue weighted by molar-refractivity contribution is -0.133. The fraction of sp³-hybridized carbons (Fsp3) is 0.0714. The Labute approximate surface area is 105 Å². The molecule has 1 aromatic heterocycles. The maximum atomic E-state index is 11.2. The molecule has 90 valence electrons. The number of amides is 1. The van der Waals surface area contributed by atoms with Crippen LogP contribution in [0.3, 0.4) is 0 Å². The second-order valence-corrected chi connectivity index (χ2v) is 3.83. The van der Waals surface area contributed by atoms with Crippen molar-refractivity contribution in [3.63, 3.8) is 0 Å². The van der Waals surface area contributed by atoms with E-state index in [2.05, 4.69) is 10.3 Å². The number of carbonyl (C=O) groups excluding carboxylic acids is 2. The maximum absolute atomic E-state index is 11.2. The summed E-state index contributed by atoms with van der Waals surface area (Å²) in [6, 6.07) is 11.1. The number of nitrogens with zero attached hydrogens (tertiary/aromatic N) is 1. The highest BCUT2D eigenvalue weighted by molar-refractivity contribution is 6.39. The summed E-state index contributed by atoms with van der Waals surface area (Å²) in [6.45, 7) is 1.24. The molecule has 0 aliphatic heterocycles. The summed E-state index contributed by atoms with van der Waals surface area (Å²) < 4.78 is 0. The largest absolute Gasteiger partial charge is 0.319 e. The Morgan fingerprint density at radius 1 is 1.06 bits per heavy atom. The molecule has 1 amide bonds. The molecule has 0 radical (unpaired) electrons. The lowest BCUT2D eigenvalue weighted by Gasteiger charge is -2.04. The Morgan fingerprint density at radius 3 is 2.33 bits per heavy atom. The van der Waals surface area contributed by atoms with Crippen LogP contribution in [0.1, 0.15) is 6.92 Å². The molecule has 0 spiro atoms. The molecule has 18 heavy (non-hydrogen) atoms. The molecule has 2 aromatic rings. The van der Waals surface area contributed by atoms with Crippen molar-refractivity contribution in [2.24, 2.45) is 0 Å². The number of Topliss-reactive ketones (excluding diaryl/α,β-unsaturated/α-hetero) is 1. The van der Waals surface area contributed by atoms with E-state index in [1.54, 1.807) is 24.5 Å². The van der Waals surface area contributed by atoms with Crippen LogP contribution >= 0.6 is 0 Å². The van der Waals surface area contributed by atoms with E-state index >= 15 is 0 Å². The molecule has 0 fully saturated rings. The molecule has 0 unspecified atom stereocenters. The SMILES string of the molecule is CC(=O)C(=O)Nc1ccc(-c2cccnc2)cc1. The number of ketones is 1. The van der Waals surface area contributed by atoms with E-state index < -0.39 is 11.7 Å². The van der Waals surface area contributed by atoms with Crippen LogP contribution in [0.4, 0.5) is 5.69 Å². The Balaban J connectivity index is 2.16. The number of hydrogen-bond donors (Lipinski definition) is 1. The van der Waals surface area contributed by atoms with Crippen molar-refractivity contribution in [3.8, 4) is 11.1 Å². The van der Waals surface area contributed by atoms with Crippen molar-refractivity contribution in [1.82, 2.24) is 4.98 Å². The number of hydrogen-bond acceptors (Lipinski definition) is 3. The number of anilines is 1. The number of carbonyl (C=O) groups is 2. The van der Waals surface area contributed by atoms with Crippen molar-refractivity contribution in [2.75, 3.05) is 5.32 Å². The lowest BCUT2D eigenvalue weighted by atomic mass is 10.1. The first-order valence-electron chi connectivity index (χ1n) is 5.49. The van der Waals surface area contributed by atoms with Gasteiger partial charge in [-0.05, 0) is 29.3 Å². The van der Waals surface area contributed by atoms with Gasteiger partial charge in [-0.15, -0.1) is 0 Å². The number of nitrogens with one attached hydrogen (secondary N) is 1. The standard InChI is InChI=1S/C14H12N2O2/c1-10(17)14(18)16-13-6-4-11(5-7-13)12-3-2-8-15-9-12/h2-9H,1H3,(H,16,18). The molecular weight excluding hydrogens is 228 g/mol. The second-order valence-electron chi connectivity index (χ2n) is 3.83. The van der Waals surface area contributed by atoms with E-state index in [1.807, 2.05) is 24.3 Å². The normalized spacial score (nSPS) is 9.83. The molecule has 2 rings (SSSR count). The van der Waals surface area contributed by atoms with Gasteiger partial charge in [0.15, 0.2) is 0 Å². The average molecular weight is 240 g/mol. The zero-order valence-corrected chi connectivity index (χ0v) is 9.88. The van der Waals surface area contributed by atoms with E-state index in [1.165, 1.54) is 6.92 Å². The van der Waals surface area contributed by atoms with Crippen molar-refractivity contribution in [1.29, 1.82) is 0 Å². The van der Waals surface area contributed by atoms with Crippen LogP contribution in [-0.2, 0) is 9.59 Å². The molecule has 1 heterocycles. The van der Waals surface area contributed by atoms with Crippen LogP contribution in [0.5, 0.6) is 0 Å². The van der Waals surface area contributed by atoms with Crippen LogP contribution in [0.2, 0.25) is 0 Å². The van der Waals surface area contributed by atoms with Crippen LogP contribution in [0.25, 0.3) is 11.1 Å². The smallest absolute Gasteiger partial charge is 0.291 e. The van der Waals surface area contributed by atoms with Crippen LogP contribution in [-0.4, -0.2) is 16.7 Å². The highest BCUT2D eigenvalue weighted by Crippen LogP contribution is 2.20. The zero-order chi connectivity index (χ0) is 13.0. The number of rotatable bonds is 3. The van der Waals surface area contributed by atoms with Crippen LogP contribution < -0.4 is 5.32 Å². The minimum absolute atomic E-state index is 0.508. The topological polar surface area (TPSA) is 59.1 Å². The molecule has 0 aliphatic carbocycles. The predicted octanol–water partition coefficient (Wildman–Crippen LogP) is 2.28. The fourth-order valence-electron chi connectivity index (χ4n) is 1.50. The first-order valence-corrected chi connectivity index (χ1v) is 5.49. The van der Waals surface area contributed by atoms with Gasteiger partial charge in [-0.25, -0.2) is 0 Å². The minimum Gasteiger partial charge on any atom is -0.319 e. The van der Waals surface area contributed by atoms with Gasteiger partial charge in [-0.2, -0.15) is 0 Å². The van der Waals surface area contributed by atoms with Crippen LogP contribution in [0.15, 0.2) is 48.8 Å². The molecule has 4 heteroatoms. The van der Waals surface area contributed by atoms with Crippen molar-refractivity contribution >= 4 is 17.4 Å². The van der Waals surface area contributed by atoms with E-state index in [9.17, 15) is 9.59 Å². The first-order chi connectivity index (χ1) is 8.66. The van der Waals surface area contributed by atoms with Gasteiger partial charge in [0.1, 0.15) is 0 Å².